The van der Waals surface area contributed by atoms with E-state index < -0.39 is 11.8 Å². The smallest absolute Gasteiger partial charge is 0.337 e. The zero-order valence-corrected chi connectivity index (χ0v) is 7.81. The molecule has 1 rings (SSSR count). The van der Waals surface area contributed by atoms with Crippen LogP contribution >= 0.6 is 11.6 Å². The first kappa shape index (κ1) is 10.6. The lowest BCUT2D eigenvalue weighted by molar-refractivity contribution is 0.0696. The molecule has 0 aliphatic carbocycles. The number of halogens is 2. The van der Waals surface area contributed by atoms with Crippen molar-refractivity contribution in [3.63, 3.8) is 0 Å². The maximum absolute atomic E-state index is 13.1. The van der Waals surface area contributed by atoms with E-state index in [1.165, 1.54) is 12.1 Å². The van der Waals surface area contributed by atoms with Gasteiger partial charge in [-0.2, -0.15) is 0 Å². The molecule has 0 amide bonds. The molecule has 72 valence electrons. The average Bonchev–Trinajstić information content (AvgIpc) is 2.15. The second kappa shape index (κ2) is 4.64. The van der Waals surface area contributed by atoms with E-state index >= 15 is 0 Å². The van der Waals surface area contributed by atoms with Crippen molar-refractivity contribution in [2.24, 2.45) is 0 Å². The Morgan fingerprint density at radius 3 is 2.86 bits per heavy atom. The van der Waals surface area contributed by atoms with Crippen LogP contribution in [0.3, 0.4) is 0 Å². The highest BCUT2D eigenvalue weighted by atomic mass is 35.5. The normalized spacial score (nSPS) is 9.00. The van der Waals surface area contributed by atoms with Crippen LogP contribution in [-0.2, 0) is 0 Å². The first-order chi connectivity index (χ1) is 6.66. The van der Waals surface area contributed by atoms with Gasteiger partial charge in [-0.05, 0) is 12.1 Å². The highest BCUT2D eigenvalue weighted by Crippen LogP contribution is 2.12. The molecule has 0 saturated heterocycles. The summed E-state index contributed by atoms with van der Waals surface area (Å²) in [6.45, 7) is 0. The van der Waals surface area contributed by atoms with Gasteiger partial charge >= 0.3 is 5.97 Å². The van der Waals surface area contributed by atoms with Gasteiger partial charge in [0.15, 0.2) is 0 Å². The van der Waals surface area contributed by atoms with Crippen LogP contribution in [0.15, 0.2) is 18.2 Å². The largest absolute Gasteiger partial charge is 0.478 e. The molecule has 0 atom stereocenters. The number of carbonyl (C=O) groups is 1. The molecule has 0 aliphatic rings. The summed E-state index contributed by atoms with van der Waals surface area (Å²) >= 11 is 5.29. The SMILES string of the molecule is O=C(O)c1cccc(F)c1C#CCCl. The molecule has 4 heteroatoms. The molecule has 0 saturated carbocycles. The van der Waals surface area contributed by atoms with Gasteiger partial charge in [0.05, 0.1) is 17.0 Å². The standard InChI is InChI=1S/C10H6ClFO2/c11-6-2-4-7-8(10(13)14)3-1-5-9(7)12/h1,3,5H,6H2,(H,13,14). The molecule has 0 aliphatic heterocycles. The van der Waals surface area contributed by atoms with Crippen molar-refractivity contribution in [3.8, 4) is 11.8 Å². The van der Waals surface area contributed by atoms with Crippen LogP contribution in [-0.4, -0.2) is 17.0 Å². The summed E-state index contributed by atoms with van der Waals surface area (Å²) in [5.41, 5.74) is -0.275. The molecule has 0 spiro atoms. The maximum Gasteiger partial charge on any atom is 0.337 e. The van der Waals surface area contributed by atoms with Crippen LogP contribution in [0.4, 0.5) is 4.39 Å². The molecule has 0 fully saturated rings. The molecule has 1 aromatic rings. The summed E-state index contributed by atoms with van der Waals surface area (Å²) in [5, 5.41) is 8.72. The molecule has 1 aromatic carbocycles. The Bertz CT molecular complexity index is 418. The molecule has 0 aromatic heterocycles. The number of rotatable bonds is 1. The number of carboxylic acids is 1. The highest BCUT2D eigenvalue weighted by molar-refractivity contribution is 6.19. The van der Waals surface area contributed by atoms with Gasteiger partial charge in [0.2, 0.25) is 0 Å². The molecular formula is C10H6ClFO2. The molecule has 2 nitrogen and oxygen atoms in total. The minimum atomic E-state index is -1.21. The van der Waals surface area contributed by atoms with Crippen LogP contribution in [0.5, 0.6) is 0 Å². The molecular weight excluding hydrogens is 207 g/mol. The summed E-state index contributed by atoms with van der Waals surface area (Å²) in [6, 6.07) is 3.78. The van der Waals surface area contributed by atoms with E-state index in [0.29, 0.717) is 0 Å². The van der Waals surface area contributed by atoms with Gasteiger partial charge in [0.1, 0.15) is 5.82 Å². The van der Waals surface area contributed by atoms with E-state index in [9.17, 15) is 9.18 Å². The number of carboxylic acid groups (broad SMARTS) is 1. The van der Waals surface area contributed by atoms with Gasteiger partial charge in [0.25, 0.3) is 0 Å². The van der Waals surface area contributed by atoms with E-state index in [-0.39, 0.29) is 17.0 Å². The number of benzene rings is 1. The molecule has 0 heterocycles. The van der Waals surface area contributed by atoms with E-state index in [4.69, 9.17) is 16.7 Å². The van der Waals surface area contributed by atoms with E-state index in [1.807, 2.05) is 0 Å². The summed E-state index contributed by atoms with van der Waals surface area (Å²) in [7, 11) is 0. The van der Waals surface area contributed by atoms with Crippen LogP contribution in [0.2, 0.25) is 0 Å². The van der Waals surface area contributed by atoms with Crippen molar-refractivity contribution < 1.29 is 14.3 Å². The lowest BCUT2D eigenvalue weighted by Crippen LogP contribution is -2.01. The van der Waals surface area contributed by atoms with E-state index in [2.05, 4.69) is 11.8 Å². The molecule has 0 radical (unpaired) electrons. The van der Waals surface area contributed by atoms with Gasteiger partial charge in [-0.3, -0.25) is 0 Å². The molecule has 0 unspecified atom stereocenters. The van der Waals surface area contributed by atoms with E-state index in [1.54, 1.807) is 0 Å². The first-order valence-corrected chi connectivity index (χ1v) is 4.27. The summed E-state index contributed by atoms with van der Waals surface area (Å²) < 4.78 is 13.1. The van der Waals surface area contributed by atoms with Crippen molar-refractivity contribution >= 4 is 17.6 Å². The Balaban J connectivity index is 3.29. The van der Waals surface area contributed by atoms with Crippen molar-refractivity contribution in [2.75, 3.05) is 5.88 Å². The number of hydrogen-bond acceptors (Lipinski definition) is 1. The third-order valence-electron chi connectivity index (χ3n) is 1.52. The first-order valence-electron chi connectivity index (χ1n) is 3.73. The highest BCUT2D eigenvalue weighted by Gasteiger charge is 2.11. The van der Waals surface area contributed by atoms with Gasteiger partial charge in [-0.25, -0.2) is 9.18 Å². The van der Waals surface area contributed by atoms with Gasteiger partial charge in [-0.1, -0.05) is 17.9 Å². The maximum atomic E-state index is 13.1. The topological polar surface area (TPSA) is 37.3 Å². The number of alkyl halides is 1. The van der Waals surface area contributed by atoms with E-state index in [0.717, 1.165) is 6.07 Å². The summed E-state index contributed by atoms with van der Waals surface area (Å²) in [5.74, 6) is 2.97. The predicted octanol–water partition coefficient (Wildman–Crippen LogP) is 2.11. The lowest BCUT2D eigenvalue weighted by Gasteiger charge is -1.99. The minimum absolute atomic E-state index is 0.0351. The van der Waals surface area contributed by atoms with Gasteiger partial charge in [-0.15, -0.1) is 11.6 Å². The Morgan fingerprint density at radius 2 is 2.29 bits per heavy atom. The molecule has 0 bridgehead atoms. The molecule has 14 heavy (non-hydrogen) atoms. The zero-order valence-electron chi connectivity index (χ0n) is 7.05. The zero-order chi connectivity index (χ0) is 10.6. The fourth-order valence-electron chi connectivity index (χ4n) is 0.951. The predicted molar refractivity (Wildman–Crippen MR) is 51.0 cm³/mol. The lowest BCUT2D eigenvalue weighted by atomic mass is 10.1. The quantitative estimate of drug-likeness (QED) is 0.572. The van der Waals surface area contributed by atoms with Crippen LogP contribution in [0.1, 0.15) is 15.9 Å². The van der Waals surface area contributed by atoms with Gasteiger partial charge in [0, 0.05) is 0 Å². The summed E-state index contributed by atoms with van der Waals surface area (Å²) in [4.78, 5) is 10.7. The number of hydrogen-bond donors (Lipinski definition) is 1. The third-order valence-corrected chi connectivity index (χ3v) is 1.66. The Morgan fingerprint density at radius 1 is 1.57 bits per heavy atom. The van der Waals surface area contributed by atoms with Crippen molar-refractivity contribution in [3.05, 3.63) is 35.1 Å². The van der Waals surface area contributed by atoms with Crippen molar-refractivity contribution in [1.29, 1.82) is 0 Å². The third kappa shape index (κ3) is 2.24. The van der Waals surface area contributed by atoms with Crippen LogP contribution in [0.25, 0.3) is 0 Å². The Labute approximate surface area is 85.3 Å². The number of aromatic carboxylic acids is 1. The van der Waals surface area contributed by atoms with Crippen molar-refractivity contribution in [2.45, 2.75) is 0 Å². The van der Waals surface area contributed by atoms with Crippen molar-refractivity contribution in [1.82, 2.24) is 0 Å². The fraction of sp³-hybridized carbons (Fsp3) is 0.100. The second-order valence-electron chi connectivity index (χ2n) is 2.40. The minimum Gasteiger partial charge on any atom is -0.478 e. The second-order valence-corrected chi connectivity index (χ2v) is 2.67. The Kier molecular flexibility index (Phi) is 3.49. The van der Waals surface area contributed by atoms with Gasteiger partial charge < -0.3 is 5.11 Å². The average molecular weight is 213 g/mol. The van der Waals surface area contributed by atoms with Crippen LogP contribution in [0, 0.1) is 17.7 Å². The van der Waals surface area contributed by atoms with Crippen LogP contribution < -0.4 is 0 Å². The fourth-order valence-corrected chi connectivity index (χ4v) is 1.02. The monoisotopic (exact) mass is 212 g/mol. The summed E-state index contributed by atoms with van der Waals surface area (Å²) in [6.07, 6.45) is 0. The Hall–Kier alpha value is -1.53. The molecule has 1 N–H and O–H groups in total.